The summed E-state index contributed by atoms with van der Waals surface area (Å²) in [5.41, 5.74) is 2.46. The van der Waals surface area contributed by atoms with Gasteiger partial charge in [0.2, 0.25) is 5.91 Å². The smallest absolute Gasteiger partial charge is 0.244 e. The van der Waals surface area contributed by atoms with Crippen LogP contribution < -0.4 is 10.2 Å². The molecule has 19 heavy (non-hydrogen) atoms. The fraction of sp³-hybridized carbons (Fsp3) is 0.500. The number of nitrogens with one attached hydrogen (secondary N) is 1. The highest BCUT2D eigenvalue weighted by molar-refractivity contribution is 5.86. The number of carbonyl (C=O) groups is 1. The number of hydrazine groups is 1. The highest BCUT2D eigenvalue weighted by Crippen LogP contribution is 2.28. The third-order valence-corrected chi connectivity index (χ3v) is 2.85. The molecule has 0 heterocycles. The minimum absolute atomic E-state index is 0.193. The van der Waals surface area contributed by atoms with Crippen LogP contribution in [0.15, 0.2) is 18.2 Å². The van der Waals surface area contributed by atoms with E-state index >= 15 is 0 Å². The Morgan fingerprint density at radius 2 is 2.05 bits per heavy atom. The third-order valence-electron chi connectivity index (χ3n) is 2.85. The molecule has 0 radical (unpaired) electrons. The minimum atomic E-state index is -0.824. The van der Waals surface area contributed by atoms with Crippen molar-refractivity contribution in [3.8, 4) is 5.75 Å². The fourth-order valence-electron chi connectivity index (χ4n) is 1.64. The predicted molar refractivity (Wildman–Crippen MR) is 72.4 cm³/mol. The Labute approximate surface area is 113 Å². The van der Waals surface area contributed by atoms with Crippen molar-refractivity contribution in [1.82, 2.24) is 10.4 Å². The molecule has 0 unspecified atom stereocenters. The molecule has 1 rings (SSSR count). The van der Waals surface area contributed by atoms with E-state index in [-0.39, 0.29) is 11.7 Å². The maximum Gasteiger partial charge on any atom is 0.244 e. The molecule has 0 aliphatic carbocycles. The highest BCUT2D eigenvalue weighted by Gasteiger charge is 2.31. The molecule has 4 nitrogen and oxygen atoms in total. The average Bonchev–Trinajstić information content (AvgIpc) is 2.31. The Bertz CT molecular complexity index is 459. The first kappa shape index (κ1) is 15.4. The lowest BCUT2D eigenvalue weighted by molar-refractivity contribution is -0.129. The molecule has 1 amide bonds. The number of ether oxygens (including phenoxy) is 1. The van der Waals surface area contributed by atoms with Crippen molar-refractivity contribution in [2.75, 3.05) is 20.7 Å². The Kier molecular flexibility index (Phi) is 4.89. The van der Waals surface area contributed by atoms with Crippen molar-refractivity contribution in [2.24, 2.45) is 0 Å². The van der Waals surface area contributed by atoms with Crippen LogP contribution in [0.25, 0.3) is 0 Å². The normalized spacial score (nSPS) is 11.5. The average molecular weight is 268 g/mol. The zero-order valence-corrected chi connectivity index (χ0v) is 12.1. The van der Waals surface area contributed by atoms with Gasteiger partial charge in [0.05, 0.1) is 12.0 Å². The van der Waals surface area contributed by atoms with Gasteiger partial charge in [0.25, 0.3) is 0 Å². The van der Waals surface area contributed by atoms with E-state index in [0.29, 0.717) is 12.2 Å². The number of halogens is 1. The Morgan fingerprint density at radius 3 is 2.53 bits per heavy atom. The minimum Gasteiger partial charge on any atom is -0.491 e. The van der Waals surface area contributed by atoms with E-state index in [1.165, 1.54) is 6.07 Å². The highest BCUT2D eigenvalue weighted by atomic mass is 19.1. The van der Waals surface area contributed by atoms with Crippen molar-refractivity contribution in [3.05, 3.63) is 29.6 Å². The maximum atomic E-state index is 13.8. The standard InChI is InChI=1S/C14H21FN2O2/c1-6-19-12-8-7-10(9-11(12)15)14(2,3)13(18)16-17(4)5/h7-9H,6H2,1-5H3,(H,16,18). The van der Waals surface area contributed by atoms with Crippen LogP contribution in [-0.4, -0.2) is 31.6 Å². The number of rotatable bonds is 5. The molecule has 0 fully saturated rings. The summed E-state index contributed by atoms with van der Waals surface area (Å²) in [7, 11) is 3.46. The summed E-state index contributed by atoms with van der Waals surface area (Å²) in [4.78, 5) is 12.1. The van der Waals surface area contributed by atoms with Crippen molar-refractivity contribution >= 4 is 5.91 Å². The van der Waals surface area contributed by atoms with Gasteiger partial charge in [-0.3, -0.25) is 10.2 Å². The van der Waals surface area contributed by atoms with Gasteiger partial charge in [0, 0.05) is 14.1 Å². The third kappa shape index (κ3) is 3.67. The molecule has 5 heteroatoms. The van der Waals surface area contributed by atoms with E-state index in [1.54, 1.807) is 52.0 Å². The van der Waals surface area contributed by atoms with Crippen molar-refractivity contribution in [1.29, 1.82) is 0 Å². The number of hydrogen-bond acceptors (Lipinski definition) is 3. The molecular weight excluding hydrogens is 247 g/mol. The molecule has 0 aliphatic rings. The van der Waals surface area contributed by atoms with Gasteiger partial charge < -0.3 is 4.74 Å². The molecule has 0 bridgehead atoms. The molecule has 1 aromatic carbocycles. The van der Waals surface area contributed by atoms with Gasteiger partial charge in [-0.2, -0.15) is 0 Å². The molecule has 0 aliphatic heterocycles. The molecule has 0 saturated carbocycles. The first-order valence-electron chi connectivity index (χ1n) is 6.20. The molecular formula is C14H21FN2O2. The molecule has 0 spiro atoms. The Balaban J connectivity index is 3.01. The second kappa shape index (κ2) is 6.02. The van der Waals surface area contributed by atoms with E-state index in [9.17, 15) is 9.18 Å². The van der Waals surface area contributed by atoms with Gasteiger partial charge in [-0.15, -0.1) is 0 Å². The molecule has 0 atom stereocenters. The molecule has 106 valence electrons. The second-order valence-electron chi connectivity index (χ2n) is 5.04. The van der Waals surface area contributed by atoms with Crippen molar-refractivity contribution in [3.63, 3.8) is 0 Å². The number of hydrogen-bond donors (Lipinski definition) is 1. The van der Waals surface area contributed by atoms with E-state index in [2.05, 4.69) is 5.43 Å². The second-order valence-corrected chi connectivity index (χ2v) is 5.04. The van der Waals surface area contributed by atoms with Gasteiger partial charge >= 0.3 is 0 Å². The lowest BCUT2D eigenvalue weighted by Crippen LogP contribution is -2.46. The monoisotopic (exact) mass is 268 g/mol. The van der Waals surface area contributed by atoms with Crippen LogP contribution in [0.5, 0.6) is 5.75 Å². The quantitative estimate of drug-likeness (QED) is 0.831. The van der Waals surface area contributed by atoms with E-state index < -0.39 is 11.2 Å². The van der Waals surface area contributed by atoms with Gasteiger partial charge in [0.15, 0.2) is 11.6 Å². The summed E-state index contributed by atoms with van der Waals surface area (Å²) in [6.07, 6.45) is 0. The van der Waals surface area contributed by atoms with Gasteiger partial charge in [-0.05, 0) is 38.5 Å². The summed E-state index contributed by atoms with van der Waals surface area (Å²) in [6, 6.07) is 4.61. The first-order valence-corrected chi connectivity index (χ1v) is 6.20. The van der Waals surface area contributed by atoms with E-state index in [4.69, 9.17) is 4.74 Å². The van der Waals surface area contributed by atoms with Crippen LogP contribution in [0.1, 0.15) is 26.3 Å². The molecule has 0 saturated heterocycles. The van der Waals surface area contributed by atoms with Crippen LogP contribution >= 0.6 is 0 Å². The van der Waals surface area contributed by atoms with Gasteiger partial charge in [-0.25, -0.2) is 9.40 Å². The van der Waals surface area contributed by atoms with Crippen LogP contribution in [0.3, 0.4) is 0 Å². The molecule has 0 aromatic heterocycles. The zero-order chi connectivity index (χ0) is 14.6. The van der Waals surface area contributed by atoms with Crippen LogP contribution in [-0.2, 0) is 10.2 Å². The van der Waals surface area contributed by atoms with E-state index in [0.717, 1.165) is 0 Å². The topological polar surface area (TPSA) is 41.6 Å². The molecule has 1 N–H and O–H groups in total. The largest absolute Gasteiger partial charge is 0.491 e. The number of nitrogens with zero attached hydrogens (tertiary/aromatic N) is 1. The SMILES string of the molecule is CCOc1ccc(C(C)(C)C(=O)NN(C)C)cc1F. The Hall–Kier alpha value is -1.62. The fourth-order valence-corrected chi connectivity index (χ4v) is 1.64. The van der Waals surface area contributed by atoms with Gasteiger partial charge in [-0.1, -0.05) is 6.07 Å². The number of amides is 1. The van der Waals surface area contributed by atoms with Crippen molar-refractivity contribution < 1.29 is 13.9 Å². The number of benzene rings is 1. The lowest BCUT2D eigenvalue weighted by Gasteiger charge is -2.26. The van der Waals surface area contributed by atoms with Crippen LogP contribution in [0, 0.1) is 5.82 Å². The molecule has 1 aromatic rings. The van der Waals surface area contributed by atoms with Crippen LogP contribution in [0.2, 0.25) is 0 Å². The summed E-state index contributed by atoms with van der Waals surface area (Å²) >= 11 is 0. The summed E-state index contributed by atoms with van der Waals surface area (Å²) in [5.74, 6) is -0.443. The van der Waals surface area contributed by atoms with Crippen molar-refractivity contribution in [2.45, 2.75) is 26.2 Å². The first-order chi connectivity index (χ1) is 8.78. The summed E-state index contributed by atoms with van der Waals surface area (Å²) in [5, 5.41) is 1.56. The van der Waals surface area contributed by atoms with E-state index in [1.807, 2.05) is 0 Å². The Morgan fingerprint density at radius 1 is 1.42 bits per heavy atom. The zero-order valence-electron chi connectivity index (χ0n) is 12.1. The lowest BCUT2D eigenvalue weighted by atomic mass is 9.84. The maximum absolute atomic E-state index is 13.8. The van der Waals surface area contributed by atoms with Gasteiger partial charge in [0.1, 0.15) is 0 Å². The predicted octanol–water partition coefficient (Wildman–Crippen LogP) is 2.09. The summed E-state index contributed by atoms with van der Waals surface area (Å²) < 4.78 is 19.0. The van der Waals surface area contributed by atoms with Crippen LogP contribution in [0.4, 0.5) is 4.39 Å². The number of carbonyl (C=O) groups excluding carboxylic acids is 1. The summed E-state index contributed by atoms with van der Waals surface area (Å²) in [6.45, 7) is 5.70.